The minimum absolute atomic E-state index is 0.0975. The Hall–Kier alpha value is -2.97. The van der Waals surface area contributed by atoms with Gasteiger partial charge >= 0.3 is 0 Å². The lowest BCUT2D eigenvalue weighted by atomic mass is 9.88. The van der Waals surface area contributed by atoms with E-state index in [0.717, 1.165) is 16.7 Å². The van der Waals surface area contributed by atoms with Crippen LogP contribution in [0.2, 0.25) is 10.0 Å². The van der Waals surface area contributed by atoms with Crippen molar-refractivity contribution in [2.45, 2.75) is 50.5 Å². The number of ether oxygens (including phenoxy) is 2. The van der Waals surface area contributed by atoms with Gasteiger partial charge in [-0.25, -0.2) is 4.39 Å². The average molecular weight is 600 g/mol. The van der Waals surface area contributed by atoms with Gasteiger partial charge in [-0.2, -0.15) is 0 Å². The Morgan fingerprint density at radius 3 is 2.10 bits per heavy atom. The summed E-state index contributed by atoms with van der Waals surface area (Å²) >= 11 is 12.5. The topological polar surface area (TPSA) is 59.1 Å². The third-order valence-corrected chi connectivity index (χ3v) is 8.18. The van der Waals surface area contributed by atoms with Crippen LogP contribution in [0.3, 0.4) is 0 Å². The molecule has 2 aliphatic heterocycles. The standard InChI is InChI=1S/C32H33Cl2FN2O4/c1-2-3-27(31(38)36-16-18-40-19-17-36)37-29(22-6-10-24(33)11-7-22)30(23-8-12-25(34)13-9-23)41-28(32(37)39)20-21-4-14-26(35)15-5-21/h4-15,27-30H,2-3,16-20H2,1H3/t27-,28+,29-,30+/m0/s1. The first-order valence-electron chi connectivity index (χ1n) is 13.9. The summed E-state index contributed by atoms with van der Waals surface area (Å²) in [4.78, 5) is 32.1. The Morgan fingerprint density at radius 1 is 0.927 bits per heavy atom. The Kier molecular flexibility index (Phi) is 9.60. The predicted molar refractivity (Wildman–Crippen MR) is 156 cm³/mol. The lowest BCUT2D eigenvalue weighted by Gasteiger charge is -2.48. The molecule has 41 heavy (non-hydrogen) atoms. The van der Waals surface area contributed by atoms with E-state index in [0.29, 0.717) is 49.2 Å². The van der Waals surface area contributed by atoms with Crippen LogP contribution in [0.15, 0.2) is 72.8 Å². The normalized spacial score (nSPS) is 22.0. The molecule has 0 bridgehead atoms. The number of benzene rings is 3. The molecule has 0 unspecified atom stereocenters. The molecule has 0 radical (unpaired) electrons. The number of hydrogen-bond acceptors (Lipinski definition) is 4. The molecule has 3 aromatic rings. The van der Waals surface area contributed by atoms with Crippen LogP contribution >= 0.6 is 23.2 Å². The molecule has 2 aliphatic rings. The summed E-state index contributed by atoms with van der Waals surface area (Å²) < 4.78 is 25.8. The number of nitrogens with zero attached hydrogens (tertiary/aromatic N) is 2. The summed E-state index contributed by atoms with van der Waals surface area (Å²) in [6.45, 7) is 3.88. The van der Waals surface area contributed by atoms with E-state index in [2.05, 4.69) is 0 Å². The maximum absolute atomic E-state index is 14.5. The number of carbonyl (C=O) groups is 2. The second-order valence-corrected chi connectivity index (χ2v) is 11.3. The molecule has 9 heteroatoms. The van der Waals surface area contributed by atoms with E-state index in [1.165, 1.54) is 12.1 Å². The third-order valence-electron chi connectivity index (χ3n) is 7.68. The van der Waals surface area contributed by atoms with Crippen LogP contribution < -0.4 is 0 Å². The number of rotatable bonds is 8. The van der Waals surface area contributed by atoms with E-state index < -0.39 is 24.3 Å². The van der Waals surface area contributed by atoms with Crippen molar-refractivity contribution in [3.05, 3.63) is 105 Å². The molecule has 2 saturated heterocycles. The van der Waals surface area contributed by atoms with Crippen molar-refractivity contribution in [2.75, 3.05) is 26.3 Å². The highest BCUT2D eigenvalue weighted by atomic mass is 35.5. The van der Waals surface area contributed by atoms with Crippen LogP contribution in [0.1, 0.15) is 48.6 Å². The van der Waals surface area contributed by atoms with Crippen molar-refractivity contribution in [3.8, 4) is 0 Å². The van der Waals surface area contributed by atoms with Gasteiger partial charge in [-0.1, -0.05) is 72.9 Å². The zero-order valence-corrected chi connectivity index (χ0v) is 24.4. The number of carbonyl (C=O) groups excluding carboxylic acids is 2. The minimum atomic E-state index is -0.887. The molecule has 0 saturated carbocycles. The van der Waals surface area contributed by atoms with Crippen molar-refractivity contribution in [1.29, 1.82) is 0 Å². The van der Waals surface area contributed by atoms with Gasteiger partial charge in [0, 0.05) is 29.6 Å². The molecule has 3 aromatic carbocycles. The molecule has 4 atom stereocenters. The van der Waals surface area contributed by atoms with E-state index in [-0.39, 0.29) is 24.1 Å². The molecule has 6 nitrogen and oxygen atoms in total. The van der Waals surface area contributed by atoms with Gasteiger partial charge in [0.1, 0.15) is 24.1 Å². The van der Waals surface area contributed by atoms with Crippen molar-refractivity contribution < 1.29 is 23.5 Å². The zero-order valence-electron chi connectivity index (χ0n) is 22.8. The van der Waals surface area contributed by atoms with E-state index in [9.17, 15) is 14.0 Å². The highest BCUT2D eigenvalue weighted by Gasteiger charge is 2.49. The van der Waals surface area contributed by atoms with Crippen molar-refractivity contribution in [3.63, 3.8) is 0 Å². The summed E-state index contributed by atoms with van der Waals surface area (Å²) in [6, 6.07) is 19.4. The van der Waals surface area contributed by atoms with E-state index in [1.54, 1.807) is 46.2 Å². The van der Waals surface area contributed by atoms with E-state index in [1.807, 2.05) is 31.2 Å². The fraction of sp³-hybridized carbons (Fsp3) is 0.375. The summed E-state index contributed by atoms with van der Waals surface area (Å²) in [5.41, 5.74) is 2.39. The predicted octanol–water partition coefficient (Wildman–Crippen LogP) is 6.41. The average Bonchev–Trinajstić information content (AvgIpc) is 2.99. The second kappa shape index (κ2) is 13.3. The lowest BCUT2D eigenvalue weighted by Crippen LogP contribution is -2.60. The molecule has 2 heterocycles. The molecule has 2 fully saturated rings. The first-order chi connectivity index (χ1) is 19.9. The quantitative estimate of drug-likeness (QED) is 0.300. The van der Waals surface area contributed by atoms with Crippen LogP contribution in [0.25, 0.3) is 0 Å². The highest BCUT2D eigenvalue weighted by molar-refractivity contribution is 6.30. The van der Waals surface area contributed by atoms with Gasteiger partial charge in [-0.05, 0) is 59.5 Å². The van der Waals surface area contributed by atoms with E-state index in [4.69, 9.17) is 32.7 Å². The summed E-state index contributed by atoms with van der Waals surface area (Å²) in [5.74, 6) is -0.730. The van der Waals surface area contributed by atoms with Gasteiger partial charge in [-0.3, -0.25) is 9.59 Å². The van der Waals surface area contributed by atoms with Crippen molar-refractivity contribution >= 4 is 35.0 Å². The van der Waals surface area contributed by atoms with Crippen LogP contribution in [-0.2, 0) is 25.5 Å². The molecule has 2 amide bonds. The maximum atomic E-state index is 14.5. The highest BCUT2D eigenvalue weighted by Crippen LogP contribution is 2.45. The summed E-state index contributed by atoms with van der Waals surface area (Å²) in [5, 5.41) is 1.14. The van der Waals surface area contributed by atoms with Crippen LogP contribution in [0.5, 0.6) is 0 Å². The molecule has 0 spiro atoms. The van der Waals surface area contributed by atoms with Gasteiger partial charge in [0.2, 0.25) is 5.91 Å². The fourth-order valence-electron chi connectivity index (χ4n) is 5.63. The van der Waals surface area contributed by atoms with Gasteiger partial charge in [0.15, 0.2) is 0 Å². The van der Waals surface area contributed by atoms with Crippen molar-refractivity contribution in [1.82, 2.24) is 9.80 Å². The number of morpholine rings is 2. The lowest BCUT2D eigenvalue weighted by molar-refractivity contribution is -0.183. The third kappa shape index (κ3) is 6.75. The first kappa shape index (κ1) is 29.5. The Morgan fingerprint density at radius 2 is 1.51 bits per heavy atom. The second-order valence-electron chi connectivity index (χ2n) is 10.4. The van der Waals surface area contributed by atoms with Gasteiger partial charge in [-0.15, -0.1) is 0 Å². The zero-order chi connectivity index (χ0) is 28.9. The molecule has 0 aromatic heterocycles. The Balaban J connectivity index is 1.62. The van der Waals surface area contributed by atoms with E-state index >= 15 is 0 Å². The van der Waals surface area contributed by atoms with Crippen LogP contribution in [0.4, 0.5) is 4.39 Å². The molecular weight excluding hydrogens is 566 g/mol. The van der Waals surface area contributed by atoms with Crippen molar-refractivity contribution in [2.24, 2.45) is 0 Å². The number of halogens is 3. The molecular formula is C32H33Cl2FN2O4. The van der Waals surface area contributed by atoms with Gasteiger partial charge < -0.3 is 19.3 Å². The Bertz CT molecular complexity index is 1330. The van der Waals surface area contributed by atoms with Gasteiger partial charge in [0.25, 0.3) is 5.91 Å². The Labute approximate surface area is 249 Å². The van der Waals surface area contributed by atoms with Gasteiger partial charge in [0.05, 0.1) is 19.3 Å². The molecule has 0 aliphatic carbocycles. The summed E-state index contributed by atoms with van der Waals surface area (Å²) in [6.07, 6.45) is -0.0669. The monoisotopic (exact) mass is 598 g/mol. The van der Waals surface area contributed by atoms with Crippen LogP contribution in [0, 0.1) is 5.82 Å². The maximum Gasteiger partial charge on any atom is 0.253 e. The molecule has 216 valence electrons. The smallest absolute Gasteiger partial charge is 0.253 e. The minimum Gasteiger partial charge on any atom is -0.378 e. The van der Waals surface area contributed by atoms with Crippen LogP contribution in [-0.4, -0.2) is 60.1 Å². The fourth-order valence-corrected chi connectivity index (χ4v) is 5.89. The summed E-state index contributed by atoms with van der Waals surface area (Å²) in [7, 11) is 0. The number of amides is 2. The first-order valence-corrected chi connectivity index (χ1v) is 14.7. The molecule has 5 rings (SSSR count). The molecule has 0 N–H and O–H groups in total. The number of hydrogen-bond donors (Lipinski definition) is 0. The largest absolute Gasteiger partial charge is 0.378 e. The SMILES string of the molecule is CCC[C@@H](C(=O)N1CCOCC1)N1C(=O)[C@@H](Cc2ccc(F)cc2)O[C@H](c2ccc(Cl)cc2)[C@@H]1c1ccc(Cl)cc1.